The number of aliphatic hydroxyl groups is 4. The van der Waals surface area contributed by atoms with Gasteiger partial charge in [0.2, 0.25) is 0 Å². The summed E-state index contributed by atoms with van der Waals surface area (Å²) in [5.41, 5.74) is 5.95. The van der Waals surface area contributed by atoms with Crippen LogP contribution < -0.4 is 0 Å². The van der Waals surface area contributed by atoms with Crippen LogP contribution >= 0.6 is 0 Å². The van der Waals surface area contributed by atoms with Crippen molar-refractivity contribution in [2.45, 2.75) is 43.9 Å². The summed E-state index contributed by atoms with van der Waals surface area (Å²) >= 11 is 0. The third kappa shape index (κ3) is 4.51. The molecule has 0 unspecified atom stereocenters. The lowest BCUT2D eigenvalue weighted by Crippen LogP contribution is -2.55. The van der Waals surface area contributed by atoms with Gasteiger partial charge in [0.15, 0.2) is 0 Å². The molecule has 0 amide bonds. The second kappa shape index (κ2) is 9.21. The topological polar surface area (TPSA) is 116 Å². The van der Waals surface area contributed by atoms with E-state index in [0.717, 1.165) is 27.8 Å². The highest BCUT2D eigenvalue weighted by molar-refractivity contribution is 5.61. The van der Waals surface area contributed by atoms with Crippen LogP contribution in [-0.4, -0.2) is 61.4 Å². The number of nitrogens with zero attached hydrogens (tertiary/aromatic N) is 2. The lowest BCUT2D eigenvalue weighted by Gasteiger charge is -2.40. The Labute approximate surface area is 180 Å². The second-order valence-electron chi connectivity index (χ2n) is 7.94. The maximum absolute atomic E-state index is 10.4. The molecule has 1 aromatic heterocycles. The van der Waals surface area contributed by atoms with Crippen LogP contribution in [0.5, 0.6) is 0 Å². The van der Waals surface area contributed by atoms with Crippen molar-refractivity contribution in [1.82, 2.24) is 9.97 Å². The van der Waals surface area contributed by atoms with Crippen LogP contribution in [0, 0.1) is 6.92 Å². The van der Waals surface area contributed by atoms with Crippen molar-refractivity contribution in [2.24, 2.45) is 0 Å². The van der Waals surface area contributed by atoms with Crippen LogP contribution in [-0.2, 0) is 11.2 Å². The fourth-order valence-electron chi connectivity index (χ4n) is 3.92. The first-order valence-corrected chi connectivity index (χ1v) is 10.2. The fraction of sp³-hybridized carbons (Fsp3) is 0.333. The predicted molar refractivity (Wildman–Crippen MR) is 114 cm³/mol. The summed E-state index contributed by atoms with van der Waals surface area (Å²) in [6.45, 7) is 1.57. The molecule has 0 bridgehead atoms. The lowest BCUT2D eigenvalue weighted by atomic mass is 9.89. The lowest BCUT2D eigenvalue weighted by molar-refractivity contribution is -0.231. The minimum atomic E-state index is -1.39. The van der Waals surface area contributed by atoms with Gasteiger partial charge in [0.1, 0.15) is 36.8 Å². The third-order valence-electron chi connectivity index (χ3n) is 5.84. The molecule has 1 aliphatic heterocycles. The molecule has 0 saturated carbocycles. The van der Waals surface area contributed by atoms with Gasteiger partial charge < -0.3 is 25.2 Å². The van der Waals surface area contributed by atoms with Crippen LogP contribution in [0.25, 0.3) is 11.1 Å². The van der Waals surface area contributed by atoms with Crippen LogP contribution in [0.4, 0.5) is 0 Å². The Kier molecular flexibility index (Phi) is 6.41. The monoisotopic (exact) mass is 422 g/mol. The minimum absolute atomic E-state index is 0.445. The molecule has 2 heterocycles. The van der Waals surface area contributed by atoms with Gasteiger partial charge in [-0.05, 0) is 41.2 Å². The summed E-state index contributed by atoms with van der Waals surface area (Å²) < 4.78 is 5.70. The third-order valence-corrected chi connectivity index (χ3v) is 5.84. The molecule has 31 heavy (non-hydrogen) atoms. The number of rotatable bonds is 5. The average molecular weight is 422 g/mol. The Morgan fingerprint density at radius 2 is 1.58 bits per heavy atom. The quantitative estimate of drug-likeness (QED) is 0.493. The molecule has 5 atom stereocenters. The number of hydrogen-bond acceptors (Lipinski definition) is 7. The molecule has 0 spiro atoms. The largest absolute Gasteiger partial charge is 0.394 e. The van der Waals surface area contributed by atoms with E-state index in [-0.39, 0.29) is 0 Å². The van der Waals surface area contributed by atoms with Crippen molar-refractivity contribution < 1.29 is 25.2 Å². The van der Waals surface area contributed by atoms with E-state index in [1.165, 1.54) is 6.33 Å². The number of hydrogen-bond donors (Lipinski definition) is 4. The van der Waals surface area contributed by atoms with E-state index in [1.54, 1.807) is 12.4 Å². The predicted octanol–water partition coefficient (Wildman–Crippen LogP) is 1.56. The Hall–Kier alpha value is -2.68. The van der Waals surface area contributed by atoms with Gasteiger partial charge >= 0.3 is 0 Å². The zero-order valence-electron chi connectivity index (χ0n) is 17.2. The van der Waals surface area contributed by atoms with Crippen molar-refractivity contribution in [3.05, 3.63) is 83.4 Å². The van der Waals surface area contributed by atoms with Gasteiger partial charge in [-0.1, -0.05) is 42.5 Å². The fourth-order valence-corrected chi connectivity index (χ4v) is 3.92. The Morgan fingerprint density at radius 3 is 2.26 bits per heavy atom. The van der Waals surface area contributed by atoms with Crippen LogP contribution in [0.1, 0.15) is 28.4 Å². The van der Waals surface area contributed by atoms with E-state index < -0.39 is 37.1 Å². The molecule has 2 aromatic carbocycles. The van der Waals surface area contributed by atoms with E-state index in [9.17, 15) is 20.4 Å². The van der Waals surface area contributed by atoms with Crippen molar-refractivity contribution in [2.75, 3.05) is 6.61 Å². The number of benzene rings is 2. The smallest absolute Gasteiger partial charge is 0.115 e. The molecule has 4 rings (SSSR count). The molecule has 7 nitrogen and oxygen atoms in total. The highest BCUT2D eigenvalue weighted by Gasteiger charge is 2.43. The molecule has 1 saturated heterocycles. The summed E-state index contributed by atoms with van der Waals surface area (Å²) in [4.78, 5) is 8.10. The summed E-state index contributed by atoms with van der Waals surface area (Å²) in [5, 5.41) is 40.0. The zero-order chi connectivity index (χ0) is 22.0. The summed E-state index contributed by atoms with van der Waals surface area (Å²) in [6, 6.07) is 13.9. The van der Waals surface area contributed by atoms with E-state index in [2.05, 4.69) is 22.1 Å². The first-order chi connectivity index (χ1) is 15.0. The Morgan fingerprint density at radius 1 is 0.871 bits per heavy atom. The highest BCUT2D eigenvalue weighted by atomic mass is 16.5. The minimum Gasteiger partial charge on any atom is -0.394 e. The number of aliphatic hydroxyl groups excluding tert-OH is 4. The van der Waals surface area contributed by atoms with Crippen molar-refractivity contribution in [3.63, 3.8) is 0 Å². The van der Waals surface area contributed by atoms with E-state index >= 15 is 0 Å². The normalized spacial score (nSPS) is 26.0. The van der Waals surface area contributed by atoms with Crippen molar-refractivity contribution >= 4 is 0 Å². The van der Waals surface area contributed by atoms with Crippen molar-refractivity contribution in [3.8, 4) is 11.1 Å². The highest BCUT2D eigenvalue weighted by Crippen LogP contribution is 2.33. The van der Waals surface area contributed by atoms with Gasteiger partial charge in [0, 0.05) is 18.0 Å². The first kappa shape index (κ1) is 21.5. The molecule has 0 aliphatic carbocycles. The molecule has 1 aliphatic rings. The van der Waals surface area contributed by atoms with Crippen LogP contribution in [0.2, 0.25) is 0 Å². The second-order valence-corrected chi connectivity index (χ2v) is 7.94. The summed E-state index contributed by atoms with van der Waals surface area (Å²) in [7, 11) is 0. The molecule has 1 fully saturated rings. The van der Waals surface area contributed by atoms with Gasteiger partial charge in [0.25, 0.3) is 0 Å². The van der Waals surface area contributed by atoms with E-state index in [1.807, 2.05) is 37.3 Å². The molecule has 0 radical (unpaired) electrons. The van der Waals surface area contributed by atoms with Gasteiger partial charge in [-0.3, -0.25) is 0 Å². The number of ether oxygens (including phenoxy) is 1. The Bertz CT molecular complexity index is 1010. The number of aromatic nitrogens is 2. The average Bonchev–Trinajstić information content (AvgIpc) is 2.80. The maximum Gasteiger partial charge on any atom is 0.115 e. The van der Waals surface area contributed by atoms with Crippen molar-refractivity contribution in [1.29, 1.82) is 0 Å². The molecule has 162 valence electrons. The zero-order valence-corrected chi connectivity index (χ0v) is 17.2. The van der Waals surface area contributed by atoms with Gasteiger partial charge in [0.05, 0.1) is 6.61 Å². The molecule has 3 aromatic rings. The van der Waals surface area contributed by atoms with E-state index in [4.69, 9.17) is 4.74 Å². The Balaban J connectivity index is 1.56. The van der Waals surface area contributed by atoms with E-state index in [0.29, 0.717) is 12.0 Å². The SMILES string of the molecule is Cc1ccc([C@@H]2O[C@H](CO)[C@@H](O)[C@H](O)[C@H]2O)cc1Cc1ccc(-c2cncnc2)cc1. The molecule has 4 N–H and O–H groups in total. The first-order valence-electron chi connectivity index (χ1n) is 10.2. The summed E-state index contributed by atoms with van der Waals surface area (Å²) in [6.07, 6.45) is -0.0820. The maximum atomic E-state index is 10.4. The van der Waals surface area contributed by atoms with Crippen LogP contribution in [0.3, 0.4) is 0 Å². The summed E-state index contributed by atoms with van der Waals surface area (Å²) in [5.74, 6) is 0. The molecule has 7 heteroatoms. The van der Waals surface area contributed by atoms with Crippen LogP contribution in [0.15, 0.2) is 61.2 Å². The standard InChI is InChI=1S/C24H26N2O5/c1-14-2-5-17(24-23(30)22(29)21(28)20(12-27)31-24)9-18(14)8-15-3-6-16(7-4-15)19-10-25-13-26-11-19/h2-7,9-11,13,20-24,27-30H,8,12H2,1H3/t20-,21-,22+,23-,24+/m1/s1. The molecular weight excluding hydrogens is 396 g/mol. The van der Waals surface area contributed by atoms with Gasteiger partial charge in [-0.2, -0.15) is 0 Å². The van der Waals surface area contributed by atoms with Gasteiger partial charge in [-0.25, -0.2) is 9.97 Å². The van der Waals surface area contributed by atoms with Gasteiger partial charge in [-0.15, -0.1) is 0 Å². The number of aryl methyl sites for hydroxylation is 1. The molecular formula is C24H26N2O5.